The Kier molecular flexibility index (Phi) is 5.75. The van der Waals surface area contributed by atoms with Crippen molar-refractivity contribution in [2.45, 2.75) is 32.7 Å². The average molecular weight is 257 g/mol. The van der Waals surface area contributed by atoms with Crippen LogP contribution in [0.3, 0.4) is 0 Å². The summed E-state index contributed by atoms with van der Waals surface area (Å²) in [7, 11) is 1.62. The first-order valence-corrected chi connectivity index (χ1v) is 6.25. The molecule has 0 aliphatic rings. The number of nitrogens with one attached hydrogen (secondary N) is 1. The smallest absolute Gasteiger partial charge is 0.137 e. The lowest BCUT2D eigenvalue weighted by molar-refractivity contribution is 0.410. The number of methoxy groups -OCH3 is 1. The number of ether oxygens (including phenoxy) is 1. The summed E-state index contributed by atoms with van der Waals surface area (Å²) in [5.41, 5.74) is 3.95. The minimum absolute atomic E-state index is 0.142. The van der Waals surface area contributed by atoms with Crippen molar-refractivity contribution in [1.82, 2.24) is 5.43 Å². The molecule has 0 aromatic heterocycles. The Morgan fingerprint density at radius 1 is 1.35 bits per heavy atom. The lowest BCUT2D eigenvalue weighted by Crippen LogP contribution is -2.28. The largest absolute Gasteiger partial charge is 0.495 e. The SMILES string of the molecule is COc1cc(C(CCC(C)C)NN)ccc1Cl. The number of nitrogens with two attached hydrogens (primary N) is 1. The summed E-state index contributed by atoms with van der Waals surface area (Å²) in [6.07, 6.45) is 2.12. The van der Waals surface area contributed by atoms with Crippen molar-refractivity contribution in [2.24, 2.45) is 11.8 Å². The van der Waals surface area contributed by atoms with E-state index in [0.717, 1.165) is 18.4 Å². The van der Waals surface area contributed by atoms with E-state index < -0.39 is 0 Å². The minimum atomic E-state index is 0.142. The van der Waals surface area contributed by atoms with Crippen LogP contribution < -0.4 is 16.0 Å². The Hall–Kier alpha value is -0.770. The van der Waals surface area contributed by atoms with Crippen LogP contribution in [-0.4, -0.2) is 7.11 Å². The van der Waals surface area contributed by atoms with Crippen molar-refractivity contribution in [2.75, 3.05) is 7.11 Å². The molecule has 0 aliphatic carbocycles. The highest BCUT2D eigenvalue weighted by Crippen LogP contribution is 2.29. The van der Waals surface area contributed by atoms with Gasteiger partial charge in [0, 0.05) is 6.04 Å². The van der Waals surface area contributed by atoms with Crippen molar-refractivity contribution < 1.29 is 4.74 Å². The molecule has 0 bridgehead atoms. The zero-order chi connectivity index (χ0) is 12.8. The summed E-state index contributed by atoms with van der Waals surface area (Å²) in [6, 6.07) is 5.90. The van der Waals surface area contributed by atoms with Crippen molar-refractivity contribution in [3.63, 3.8) is 0 Å². The summed E-state index contributed by atoms with van der Waals surface area (Å²) in [4.78, 5) is 0. The highest BCUT2D eigenvalue weighted by molar-refractivity contribution is 6.32. The van der Waals surface area contributed by atoms with E-state index in [-0.39, 0.29) is 6.04 Å². The lowest BCUT2D eigenvalue weighted by atomic mass is 9.98. The van der Waals surface area contributed by atoms with Gasteiger partial charge in [0.1, 0.15) is 5.75 Å². The van der Waals surface area contributed by atoms with Gasteiger partial charge in [0.25, 0.3) is 0 Å². The fourth-order valence-electron chi connectivity index (χ4n) is 1.74. The second kappa shape index (κ2) is 6.84. The van der Waals surface area contributed by atoms with Gasteiger partial charge in [-0.2, -0.15) is 0 Å². The molecule has 0 fully saturated rings. The van der Waals surface area contributed by atoms with Gasteiger partial charge in [-0.1, -0.05) is 31.5 Å². The molecule has 0 amide bonds. The zero-order valence-corrected chi connectivity index (χ0v) is 11.4. The summed E-state index contributed by atoms with van der Waals surface area (Å²) in [5.74, 6) is 6.95. The zero-order valence-electron chi connectivity index (χ0n) is 10.7. The van der Waals surface area contributed by atoms with E-state index >= 15 is 0 Å². The molecule has 0 saturated heterocycles. The van der Waals surface area contributed by atoms with Gasteiger partial charge in [-0.25, -0.2) is 0 Å². The topological polar surface area (TPSA) is 47.3 Å². The summed E-state index contributed by atoms with van der Waals surface area (Å²) in [6.45, 7) is 4.41. The third kappa shape index (κ3) is 4.19. The van der Waals surface area contributed by atoms with Gasteiger partial charge in [0.15, 0.2) is 0 Å². The molecule has 1 rings (SSSR count). The standard InChI is InChI=1S/C13H21ClN2O/c1-9(2)4-7-12(16-15)10-5-6-11(14)13(8-10)17-3/h5-6,8-9,12,16H,4,7,15H2,1-3H3. The summed E-state index contributed by atoms with van der Waals surface area (Å²) < 4.78 is 5.21. The van der Waals surface area contributed by atoms with Crippen LogP contribution in [0.5, 0.6) is 5.75 Å². The molecular weight excluding hydrogens is 236 g/mol. The van der Waals surface area contributed by atoms with Gasteiger partial charge in [0.2, 0.25) is 0 Å². The molecule has 0 spiro atoms. The number of hydrogen-bond acceptors (Lipinski definition) is 3. The van der Waals surface area contributed by atoms with Crippen LogP contribution in [0.4, 0.5) is 0 Å². The van der Waals surface area contributed by atoms with Gasteiger partial charge < -0.3 is 4.74 Å². The number of benzene rings is 1. The molecular formula is C13H21ClN2O. The van der Waals surface area contributed by atoms with Gasteiger partial charge in [-0.15, -0.1) is 0 Å². The molecule has 96 valence electrons. The molecule has 0 heterocycles. The Labute approximate surface area is 108 Å². The van der Waals surface area contributed by atoms with Crippen LogP contribution in [0.15, 0.2) is 18.2 Å². The molecule has 1 aromatic rings. The molecule has 0 saturated carbocycles. The Balaban J connectivity index is 2.80. The molecule has 0 radical (unpaired) electrons. The van der Waals surface area contributed by atoms with Crippen LogP contribution in [0.1, 0.15) is 38.3 Å². The second-order valence-corrected chi connectivity index (χ2v) is 4.99. The summed E-state index contributed by atoms with van der Waals surface area (Å²) >= 11 is 6.00. The van der Waals surface area contributed by atoms with E-state index in [2.05, 4.69) is 19.3 Å². The van der Waals surface area contributed by atoms with Crippen LogP contribution in [-0.2, 0) is 0 Å². The van der Waals surface area contributed by atoms with Gasteiger partial charge in [0.05, 0.1) is 12.1 Å². The van der Waals surface area contributed by atoms with E-state index in [1.165, 1.54) is 0 Å². The van der Waals surface area contributed by atoms with E-state index in [1.54, 1.807) is 7.11 Å². The van der Waals surface area contributed by atoms with Crippen LogP contribution in [0.2, 0.25) is 5.02 Å². The highest BCUT2D eigenvalue weighted by Gasteiger charge is 2.12. The van der Waals surface area contributed by atoms with Crippen molar-refractivity contribution in [1.29, 1.82) is 0 Å². The molecule has 1 unspecified atom stereocenters. The molecule has 3 nitrogen and oxygen atoms in total. The molecule has 0 aliphatic heterocycles. The molecule has 1 aromatic carbocycles. The third-order valence-corrected chi connectivity index (χ3v) is 3.12. The van der Waals surface area contributed by atoms with E-state index in [1.807, 2.05) is 18.2 Å². The number of halogens is 1. The van der Waals surface area contributed by atoms with Crippen molar-refractivity contribution in [3.05, 3.63) is 28.8 Å². The van der Waals surface area contributed by atoms with Crippen LogP contribution in [0.25, 0.3) is 0 Å². The van der Waals surface area contributed by atoms with Crippen LogP contribution in [0, 0.1) is 5.92 Å². The first-order chi connectivity index (χ1) is 8.08. The third-order valence-electron chi connectivity index (χ3n) is 2.81. The first kappa shape index (κ1) is 14.3. The summed E-state index contributed by atoms with van der Waals surface area (Å²) in [5, 5.41) is 0.621. The number of rotatable bonds is 6. The predicted octanol–water partition coefficient (Wildman–Crippen LogP) is 3.29. The Morgan fingerprint density at radius 3 is 2.59 bits per heavy atom. The van der Waals surface area contributed by atoms with Crippen molar-refractivity contribution >= 4 is 11.6 Å². The second-order valence-electron chi connectivity index (χ2n) is 4.58. The van der Waals surface area contributed by atoms with Gasteiger partial charge in [-0.05, 0) is 36.5 Å². The van der Waals surface area contributed by atoms with Gasteiger partial charge in [-0.3, -0.25) is 11.3 Å². The molecule has 17 heavy (non-hydrogen) atoms. The quantitative estimate of drug-likeness (QED) is 0.607. The first-order valence-electron chi connectivity index (χ1n) is 5.88. The highest BCUT2D eigenvalue weighted by atomic mass is 35.5. The minimum Gasteiger partial charge on any atom is -0.495 e. The van der Waals surface area contributed by atoms with E-state index in [4.69, 9.17) is 22.2 Å². The fraction of sp³-hybridized carbons (Fsp3) is 0.538. The molecule has 3 N–H and O–H groups in total. The maximum absolute atomic E-state index is 6.00. The van der Waals surface area contributed by atoms with Crippen molar-refractivity contribution in [3.8, 4) is 5.75 Å². The van der Waals surface area contributed by atoms with E-state index in [9.17, 15) is 0 Å². The van der Waals surface area contributed by atoms with E-state index in [0.29, 0.717) is 16.7 Å². The normalized spacial score (nSPS) is 12.8. The fourth-order valence-corrected chi connectivity index (χ4v) is 1.93. The lowest BCUT2D eigenvalue weighted by Gasteiger charge is -2.18. The maximum atomic E-state index is 6.00. The maximum Gasteiger partial charge on any atom is 0.137 e. The van der Waals surface area contributed by atoms with Gasteiger partial charge >= 0.3 is 0 Å². The molecule has 4 heteroatoms. The predicted molar refractivity (Wildman–Crippen MR) is 72.1 cm³/mol. The monoisotopic (exact) mass is 256 g/mol. The Bertz CT molecular complexity index is 355. The molecule has 1 atom stereocenters. The van der Waals surface area contributed by atoms with Crippen LogP contribution >= 0.6 is 11.6 Å². The average Bonchev–Trinajstić information content (AvgIpc) is 2.31. The number of hydrazine groups is 1. The number of hydrogen-bond donors (Lipinski definition) is 2. The Morgan fingerprint density at radius 2 is 2.06 bits per heavy atom.